The van der Waals surface area contributed by atoms with Crippen LogP contribution in [-0.2, 0) is 27.3 Å². The van der Waals surface area contributed by atoms with Crippen LogP contribution >= 0.6 is 11.6 Å². The number of benzene rings is 2. The SMILES string of the molecule is COc1ccc(CN(c2nc(Nc3cc(C#N)c(CCCOS(C)(=O)=O)cc3Cl)nn3c(C#N)cnc23)C2CC2)cc1. The summed E-state index contributed by atoms with van der Waals surface area (Å²) in [7, 11) is -1.92. The molecule has 14 heteroatoms. The second-order valence-corrected chi connectivity index (χ2v) is 11.9. The maximum Gasteiger partial charge on any atom is 0.264 e. The molecule has 1 aliphatic carbocycles. The molecule has 1 saturated carbocycles. The van der Waals surface area contributed by atoms with Crippen molar-refractivity contribution < 1.29 is 17.3 Å². The van der Waals surface area contributed by atoms with Gasteiger partial charge in [0.25, 0.3) is 10.1 Å². The summed E-state index contributed by atoms with van der Waals surface area (Å²) in [5, 5.41) is 27.4. The Labute approximate surface area is 248 Å². The van der Waals surface area contributed by atoms with Crippen molar-refractivity contribution in [1.29, 1.82) is 10.5 Å². The Hall–Kier alpha value is -4.43. The van der Waals surface area contributed by atoms with Crippen LogP contribution in [0.15, 0.2) is 42.6 Å². The van der Waals surface area contributed by atoms with Gasteiger partial charge in [-0.2, -0.15) is 28.4 Å². The lowest BCUT2D eigenvalue weighted by molar-refractivity contribution is 0.316. The molecule has 42 heavy (non-hydrogen) atoms. The molecule has 0 atom stereocenters. The van der Waals surface area contributed by atoms with Crippen LogP contribution in [0.2, 0.25) is 5.02 Å². The van der Waals surface area contributed by atoms with E-state index in [1.807, 2.05) is 24.3 Å². The quantitative estimate of drug-likeness (QED) is 0.180. The minimum absolute atomic E-state index is 0.00188. The number of hydrogen-bond acceptors (Lipinski definition) is 11. The zero-order valence-corrected chi connectivity index (χ0v) is 24.5. The van der Waals surface area contributed by atoms with Gasteiger partial charge in [0.1, 0.15) is 11.8 Å². The fourth-order valence-electron chi connectivity index (χ4n) is 4.49. The van der Waals surface area contributed by atoms with E-state index in [1.165, 1.54) is 10.7 Å². The molecule has 1 fully saturated rings. The number of anilines is 3. The highest BCUT2D eigenvalue weighted by molar-refractivity contribution is 7.85. The number of nitrogens with zero attached hydrogens (tertiary/aromatic N) is 7. The highest BCUT2D eigenvalue weighted by Gasteiger charge is 2.33. The third-order valence-corrected chi connectivity index (χ3v) is 7.59. The van der Waals surface area contributed by atoms with Gasteiger partial charge in [0.15, 0.2) is 17.2 Å². The van der Waals surface area contributed by atoms with Crippen molar-refractivity contribution in [3.05, 3.63) is 70.0 Å². The van der Waals surface area contributed by atoms with Crippen molar-refractivity contribution in [1.82, 2.24) is 19.6 Å². The number of halogens is 1. The van der Waals surface area contributed by atoms with Gasteiger partial charge >= 0.3 is 0 Å². The number of fused-ring (bicyclic) bond motifs is 1. The smallest absolute Gasteiger partial charge is 0.264 e. The van der Waals surface area contributed by atoms with E-state index in [1.54, 1.807) is 19.2 Å². The highest BCUT2D eigenvalue weighted by Crippen LogP contribution is 2.36. The van der Waals surface area contributed by atoms with Gasteiger partial charge in [-0.15, -0.1) is 5.10 Å². The van der Waals surface area contributed by atoms with Gasteiger partial charge in [-0.3, -0.25) is 4.18 Å². The van der Waals surface area contributed by atoms with E-state index in [2.05, 4.69) is 32.4 Å². The average Bonchev–Trinajstić information content (AvgIpc) is 3.73. The molecular weight excluding hydrogens is 580 g/mol. The first-order chi connectivity index (χ1) is 20.2. The van der Waals surface area contributed by atoms with Crippen molar-refractivity contribution in [3.63, 3.8) is 0 Å². The molecule has 5 rings (SSSR count). The molecule has 0 unspecified atom stereocenters. The zero-order chi connectivity index (χ0) is 29.9. The van der Waals surface area contributed by atoms with Crippen LogP contribution in [0.3, 0.4) is 0 Å². The number of imidazole rings is 1. The zero-order valence-electron chi connectivity index (χ0n) is 22.9. The number of aromatic nitrogens is 4. The summed E-state index contributed by atoms with van der Waals surface area (Å²) in [5.74, 6) is 1.50. The van der Waals surface area contributed by atoms with Crippen molar-refractivity contribution >= 4 is 44.8 Å². The first-order valence-corrected chi connectivity index (χ1v) is 15.3. The van der Waals surface area contributed by atoms with Crippen molar-refractivity contribution in [2.24, 2.45) is 0 Å². The topological polar surface area (TPSA) is 159 Å². The molecule has 2 aromatic heterocycles. The highest BCUT2D eigenvalue weighted by atomic mass is 35.5. The van der Waals surface area contributed by atoms with Gasteiger partial charge in [-0.25, -0.2) is 4.98 Å². The van der Waals surface area contributed by atoms with Crippen LogP contribution < -0.4 is 15.0 Å². The maximum atomic E-state index is 11.2. The molecule has 4 aromatic rings. The fourth-order valence-corrected chi connectivity index (χ4v) is 5.15. The normalized spacial score (nSPS) is 13.0. The molecular formula is C28H27ClN8O4S. The van der Waals surface area contributed by atoms with Gasteiger partial charge < -0.3 is 15.0 Å². The number of aryl methyl sites for hydroxylation is 1. The number of rotatable bonds is 12. The summed E-state index contributed by atoms with van der Waals surface area (Å²) >= 11 is 6.60. The number of nitriles is 2. The number of methoxy groups -OCH3 is 1. The number of ether oxygens (including phenoxy) is 1. The van der Waals surface area contributed by atoms with E-state index < -0.39 is 10.1 Å². The predicted molar refractivity (Wildman–Crippen MR) is 156 cm³/mol. The molecule has 0 amide bonds. The van der Waals surface area contributed by atoms with Crippen LogP contribution in [0, 0.1) is 22.7 Å². The summed E-state index contributed by atoms with van der Waals surface area (Å²) in [6.45, 7) is 0.560. The van der Waals surface area contributed by atoms with Crippen molar-refractivity contribution in [3.8, 4) is 17.9 Å². The summed E-state index contributed by atoms with van der Waals surface area (Å²) in [6.07, 6.45) is 5.22. The Kier molecular flexibility index (Phi) is 8.45. The summed E-state index contributed by atoms with van der Waals surface area (Å²) in [5.41, 5.74) is 3.17. The van der Waals surface area contributed by atoms with Gasteiger partial charge in [0.05, 0.1) is 48.5 Å². The summed E-state index contributed by atoms with van der Waals surface area (Å²) in [6, 6.07) is 15.6. The molecule has 0 spiro atoms. The largest absolute Gasteiger partial charge is 0.497 e. The Morgan fingerprint density at radius 2 is 1.95 bits per heavy atom. The lowest BCUT2D eigenvalue weighted by Crippen LogP contribution is -2.27. The standard InChI is InChI=1S/C28H27ClN8O4S/c1-40-23-9-5-18(6-10-23)17-36(21-7-8-21)27-26-32-16-22(15-31)37(26)35-28(34-27)33-25-13-20(14-30)19(12-24(25)29)4-3-11-41-42(2,38)39/h5-6,9-10,12-13,16,21H,3-4,7-8,11,17H2,1-2H3,(H,33,35). The third kappa shape index (κ3) is 6.71. The van der Waals surface area contributed by atoms with Gasteiger partial charge in [-0.1, -0.05) is 23.7 Å². The summed E-state index contributed by atoms with van der Waals surface area (Å²) in [4.78, 5) is 11.4. The predicted octanol–water partition coefficient (Wildman–Crippen LogP) is 4.35. The number of nitrogens with one attached hydrogen (secondary N) is 1. The Morgan fingerprint density at radius 3 is 2.60 bits per heavy atom. The average molecular weight is 607 g/mol. The first-order valence-electron chi connectivity index (χ1n) is 13.1. The summed E-state index contributed by atoms with van der Waals surface area (Å²) < 4.78 is 34.0. The third-order valence-electron chi connectivity index (χ3n) is 6.68. The van der Waals surface area contributed by atoms with Crippen LogP contribution in [-0.4, -0.2) is 54.0 Å². The van der Waals surface area contributed by atoms with Crippen LogP contribution in [0.5, 0.6) is 5.75 Å². The van der Waals surface area contributed by atoms with E-state index >= 15 is 0 Å². The molecule has 2 aromatic carbocycles. The maximum absolute atomic E-state index is 11.2. The van der Waals surface area contributed by atoms with Gasteiger partial charge in [0.2, 0.25) is 5.95 Å². The second kappa shape index (κ2) is 12.2. The van der Waals surface area contributed by atoms with E-state index in [0.29, 0.717) is 52.7 Å². The minimum atomic E-state index is -3.54. The van der Waals surface area contributed by atoms with E-state index in [9.17, 15) is 18.9 Å². The molecule has 1 N–H and O–H groups in total. The molecule has 0 aliphatic heterocycles. The van der Waals surface area contributed by atoms with Crippen LogP contribution in [0.1, 0.15) is 41.6 Å². The lowest BCUT2D eigenvalue weighted by Gasteiger charge is -2.24. The first kappa shape index (κ1) is 29.1. The lowest BCUT2D eigenvalue weighted by atomic mass is 10.0. The molecule has 1 aliphatic rings. The van der Waals surface area contributed by atoms with Crippen LogP contribution in [0.25, 0.3) is 5.65 Å². The Bertz CT molecular complexity index is 1810. The van der Waals surface area contributed by atoms with Gasteiger partial charge in [0, 0.05) is 12.6 Å². The van der Waals surface area contributed by atoms with Crippen molar-refractivity contribution in [2.75, 3.05) is 30.2 Å². The second-order valence-electron chi connectivity index (χ2n) is 9.81. The minimum Gasteiger partial charge on any atom is -0.497 e. The molecule has 2 heterocycles. The monoisotopic (exact) mass is 606 g/mol. The Balaban J connectivity index is 1.46. The van der Waals surface area contributed by atoms with E-state index in [0.717, 1.165) is 30.4 Å². The Morgan fingerprint density at radius 1 is 1.19 bits per heavy atom. The fraction of sp³-hybridized carbons (Fsp3) is 0.321. The molecule has 0 saturated heterocycles. The molecule has 0 radical (unpaired) electrons. The van der Waals surface area contributed by atoms with E-state index in [4.69, 9.17) is 25.5 Å². The number of hydrogen-bond donors (Lipinski definition) is 1. The van der Waals surface area contributed by atoms with E-state index in [-0.39, 0.29) is 24.3 Å². The molecule has 12 nitrogen and oxygen atoms in total. The molecule has 0 bridgehead atoms. The van der Waals surface area contributed by atoms with Gasteiger partial charge in [-0.05, 0) is 61.1 Å². The van der Waals surface area contributed by atoms with Crippen molar-refractivity contribution in [2.45, 2.75) is 38.3 Å². The van der Waals surface area contributed by atoms with Crippen LogP contribution in [0.4, 0.5) is 17.5 Å². The molecule has 216 valence electrons.